The van der Waals surface area contributed by atoms with Crippen molar-refractivity contribution in [2.45, 2.75) is 16.2 Å². The van der Waals surface area contributed by atoms with Crippen LogP contribution in [-0.2, 0) is 9.05 Å². The van der Waals surface area contributed by atoms with Crippen LogP contribution >= 0.6 is 23.3 Å². The van der Waals surface area contributed by atoms with Crippen molar-refractivity contribution in [1.29, 1.82) is 0 Å². The summed E-state index contributed by atoms with van der Waals surface area (Å²) in [5.41, 5.74) is 0. The smallest absolute Gasteiger partial charge is 0.404 e. The number of hydrogen-bond donors (Lipinski definition) is 1. The summed E-state index contributed by atoms with van der Waals surface area (Å²) < 4.78 is 61.3. The van der Waals surface area contributed by atoms with Crippen LogP contribution in [0.1, 0.15) is 0 Å². The van der Waals surface area contributed by atoms with Crippen molar-refractivity contribution >= 4 is 32.4 Å². The van der Waals surface area contributed by atoms with Crippen LogP contribution in [0.5, 0.6) is 5.75 Å². The van der Waals surface area contributed by atoms with E-state index >= 15 is 0 Å². The summed E-state index contributed by atoms with van der Waals surface area (Å²) >= 11 is 3.76. The molecule has 0 aromatic heterocycles. The van der Waals surface area contributed by atoms with E-state index in [1.54, 1.807) is 0 Å². The van der Waals surface area contributed by atoms with Crippen molar-refractivity contribution < 1.29 is 26.3 Å². The third-order valence-corrected chi connectivity index (χ3v) is 3.06. The maximum atomic E-state index is 12.0. The highest BCUT2D eigenvalue weighted by atomic mass is 35.7. The summed E-state index contributed by atoms with van der Waals surface area (Å²) in [4.78, 5) is -0.646. The highest BCUT2D eigenvalue weighted by molar-refractivity contribution is 8.13. The largest absolute Gasteiger partial charge is 0.573 e. The maximum Gasteiger partial charge on any atom is 0.573 e. The topological polar surface area (TPSA) is 43.4 Å². The molecule has 0 atom stereocenters. The van der Waals surface area contributed by atoms with Gasteiger partial charge < -0.3 is 4.74 Å². The predicted molar refractivity (Wildman–Crippen MR) is 53.4 cm³/mol. The van der Waals surface area contributed by atoms with Crippen LogP contribution < -0.4 is 4.74 Å². The highest BCUT2D eigenvalue weighted by Gasteiger charge is 2.33. The van der Waals surface area contributed by atoms with Crippen molar-refractivity contribution in [1.82, 2.24) is 0 Å². The fraction of sp³-hybridized carbons (Fsp3) is 0.143. The SMILES string of the molecule is O=S(=O)(Cl)c1ccc(S)cc1OC(F)(F)F. The fourth-order valence-corrected chi connectivity index (χ4v) is 2.05. The predicted octanol–water partition coefficient (Wildman–Crippen LogP) is 2.80. The van der Waals surface area contributed by atoms with E-state index in [2.05, 4.69) is 17.4 Å². The minimum absolute atomic E-state index is 0.114. The van der Waals surface area contributed by atoms with Gasteiger partial charge in [-0.05, 0) is 18.2 Å². The van der Waals surface area contributed by atoms with E-state index in [-0.39, 0.29) is 4.90 Å². The minimum Gasteiger partial charge on any atom is -0.404 e. The standard InChI is InChI=1S/C7H4ClF3O3S2/c8-16(12,13)6-2-1-4(15)3-5(6)14-7(9,10)11/h1-3,15H. The second-order valence-corrected chi connectivity index (χ2v) is 5.67. The van der Waals surface area contributed by atoms with Crippen LogP contribution in [0.15, 0.2) is 28.0 Å². The molecule has 0 spiro atoms. The Labute approximate surface area is 99.0 Å². The van der Waals surface area contributed by atoms with Crippen molar-refractivity contribution in [3.8, 4) is 5.75 Å². The Bertz CT molecular complexity index is 498. The van der Waals surface area contributed by atoms with Crippen LogP contribution in [-0.4, -0.2) is 14.8 Å². The summed E-state index contributed by atoms with van der Waals surface area (Å²) in [6.07, 6.45) is -5.00. The number of alkyl halides is 3. The molecule has 0 N–H and O–H groups in total. The second-order valence-electron chi connectivity index (χ2n) is 2.62. The normalized spacial score (nSPS) is 12.6. The van der Waals surface area contributed by atoms with E-state index in [0.717, 1.165) is 12.1 Å². The summed E-state index contributed by atoms with van der Waals surface area (Å²) in [7, 11) is 0.635. The van der Waals surface area contributed by atoms with Crippen molar-refractivity contribution in [2.75, 3.05) is 0 Å². The molecule has 0 aliphatic carbocycles. The maximum absolute atomic E-state index is 12.0. The van der Waals surface area contributed by atoms with Crippen molar-refractivity contribution in [2.24, 2.45) is 0 Å². The molecule has 0 radical (unpaired) electrons. The van der Waals surface area contributed by atoms with Crippen molar-refractivity contribution in [3.05, 3.63) is 18.2 Å². The van der Waals surface area contributed by atoms with E-state index in [4.69, 9.17) is 10.7 Å². The number of hydrogen-bond acceptors (Lipinski definition) is 4. The zero-order valence-electron chi connectivity index (χ0n) is 7.32. The van der Waals surface area contributed by atoms with E-state index in [0.29, 0.717) is 0 Å². The summed E-state index contributed by atoms with van der Waals surface area (Å²) in [5, 5.41) is 0. The number of halogens is 4. The number of benzene rings is 1. The molecule has 0 saturated carbocycles. The lowest BCUT2D eigenvalue weighted by molar-refractivity contribution is -0.275. The molecule has 1 aromatic rings. The highest BCUT2D eigenvalue weighted by Crippen LogP contribution is 2.33. The third-order valence-electron chi connectivity index (χ3n) is 1.42. The first-order valence-corrected chi connectivity index (χ1v) is 6.39. The molecule has 9 heteroatoms. The lowest BCUT2D eigenvalue weighted by Gasteiger charge is -2.11. The van der Waals surface area contributed by atoms with E-state index in [1.807, 2.05) is 0 Å². The van der Waals surface area contributed by atoms with Gasteiger partial charge >= 0.3 is 6.36 Å². The summed E-state index contributed by atoms with van der Waals surface area (Å²) in [6, 6.07) is 2.87. The molecule has 1 rings (SSSR count). The van der Waals surface area contributed by atoms with Gasteiger partial charge in [-0.2, -0.15) is 0 Å². The van der Waals surface area contributed by atoms with Gasteiger partial charge in [0.2, 0.25) is 0 Å². The van der Waals surface area contributed by atoms with Gasteiger partial charge in [0.25, 0.3) is 9.05 Å². The average Bonchev–Trinajstić information content (AvgIpc) is 1.97. The molecule has 0 aliphatic rings. The van der Waals surface area contributed by atoms with Crippen LogP contribution in [0, 0.1) is 0 Å². The summed E-state index contributed by atoms with van der Waals surface area (Å²) in [5.74, 6) is -0.907. The molecule has 1 aromatic carbocycles. The summed E-state index contributed by atoms with van der Waals surface area (Å²) in [6.45, 7) is 0. The van der Waals surface area contributed by atoms with Crippen LogP contribution in [0.25, 0.3) is 0 Å². The lowest BCUT2D eigenvalue weighted by atomic mass is 10.3. The monoisotopic (exact) mass is 292 g/mol. The fourth-order valence-electron chi connectivity index (χ4n) is 0.903. The zero-order valence-corrected chi connectivity index (χ0v) is 9.79. The first kappa shape index (κ1) is 13.5. The van der Waals surface area contributed by atoms with Crippen LogP contribution in [0.2, 0.25) is 0 Å². The number of thiol groups is 1. The zero-order chi connectivity index (χ0) is 12.6. The Hall–Kier alpha value is -0.600. The second kappa shape index (κ2) is 4.34. The van der Waals surface area contributed by atoms with E-state index < -0.39 is 26.1 Å². The van der Waals surface area contributed by atoms with Gasteiger partial charge in [0.05, 0.1) is 0 Å². The Morgan fingerprint density at radius 2 is 1.88 bits per heavy atom. The average molecular weight is 293 g/mol. The molecule has 90 valence electrons. The molecule has 0 unspecified atom stereocenters. The molecule has 16 heavy (non-hydrogen) atoms. The first-order valence-electron chi connectivity index (χ1n) is 3.63. The number of ether oxygens (including phenoxy) is 1. The van der Waals surface area contributed by atoms with Gasteiger partial charge in [0.15, 0.2) is 5.75 Å². The van der Waals surface area contributed by atoms with Gasteiger partial charge in [-0.3, -0.25) is 0 Å². The van der Waals surface area contributed by atoms with Gasteiger partial charge in [-0.25, -0.2) is 8.42 Å². The molecule has 0 heterocycles. The molecule has 0 fully saturated rings. The van der Waals surface area contributed by atoms with Gasteiger partial charge in [0.1, 0.15) is 4.90 Å². The molecule has 0 amide bonds. The lowest BCUT2D eigenvalue weighted by Crippen LogP contribution is -2.18. The Morgan fingerprint density at radius 1 is 1.31 bits per heavy atom. The molecular formula is C7H4ClF3O3S2. The third kappa shape index (κ3) is 3.76. The van der Waals surface area contributed by atoms with Crippen LogP contribution in [0.4, 0.5) is 13.2 Å². The minimum atomic E-state index is -5.00. The van der Waals surface area contributed by atoms with Crippen molar-refractivity contribution in [3.63, 3.8) is 0 Å². The number of rotatable bonds is 2. The quantitative estimate of drug-likeness (QED) is 0.673. The van der Waals surface area contributed by atoms with Gasteiger partial charge in [-0.15, -0.1) is 25.8 Å². The molecule has 0 aliphatic heterocycles. The molecular weight excluding hydrogens is 289 g/mol. The van der Waals surface area contributed by atoms with Gasteiger partial charge in [0, 0.05) is 15.6 Å². The Morgan fingerprint density at radius 3 is 2.31 bits per heavy atom. The molecule has 0 saturated heterocycles. The Balaban J connectivity index is 3.30. The molecule has 0 bridgehead atoms. The van der Waals surface area contributed by atoms with E-state index in [1.165, 1.54) is 6.07 Å². The van der Waals surface area contributed by atoms with Gasteiger partial charge in [-0.1, -0.05) is 0 Å². The van der Waals surface area contributed by atoms with Crippen LogP contribution in [0.3, 0.4) is 0 Å². The molecule has 3 nitrogen and oxygen atoms in total. The first-order chi connectivity index (χ1) is 7.09. The Kier molecular flexibility index (Phi) is 3.65. The van der Waals surface area contributed by atoms with E-state index in [9.17, 15) is 21.6 Å².